The van der Waals surface area contributed by atoms with Crippen molar-refractivity contribution in [3.63, 3.8) is 0 Å². The smallest absolute Gasteiger partial charge is 0.329 e. The standard InChI is InChI=1S/C11H11NO4/c13-10(14)4-5-12-6-8-2-1-3-9-11(8)16-7-15-9/h1-5,12H,6-7H2,(H,13,14)/b5-4+. The van der Waals surface area contributed by atoms with Gasteiger partial charge in [0.25, 0.3) is 0 Å². The number of carboxylic acid groups (broad SMARTS) is 1. The molecule has 1 aromatic rings. The Morgan fingerprint density at radius 3 is 3.19 bits per heavy atom. The van der Waals surface area contributed by atoms with E-state index >= 15 is 0 Å². The number of ether oxygens (including phenoxy) is 2. The number of hydrogen-bond donors (Lipinski definition) is 2. The molecule has 0 amide bonds. The third-order valence-electron chi connectivity index (χ3n) is 2.11. The van der Waals surface area contributed by atoms with Crippen LogP contribution in [0.5, 0.6) is 11.5 Å². The Kier molecular flexibility index (Phi) is 2.95. The van der Waals surface area contributed by atoms with Gasteiger partial charge in [-0.3, -0.25) is 0 Å². The molecule has 2 rings (SSSR count). The number of rotatable bonds is 4. The lowest BCUT2D eigenvalue weighted by molar-refractivity contribution is -0.131. The normalized spacial score (nSPS) is 13.0. The first-order valence-electron chi connectivity index (χ1n) is 4.78. The molecule has 0 fully saturated rings. The summed E-state index contributed by atoms with van der Waals surface area (Å²) in [6, 6.07) is 5.60. The minimum absolute atomic E-state index is 0.233. The maximum Gasteiger partial charge on any atom is 0.329 e. The molecule has 1 aliphatic rings. The van der Waals surface area contributed by atoms with Crippen molar-refractivity contribution in [3.05, 3.63) is 36.0 Å². The van der Waals surface area contributed by atoms with Crippen LogP contribution in [0.3, 0.4) is 0 Å². The highest BCUT2D eigenvalue weighted by Crippen LogP contribution is 2.35. The largest absolute Gasteiger partial charge is 0.478 e. The molecule has 5 nitrogen and oxygen atoms in total. The second-order valence-corrected chi connectivity index (χ2v) is 3.20. The molecule has 0 aliphatic carbocycles. The molecule has 5 heteroatoms. The number of carbonyl (C=O) groups is 1. The molecule has 0 saturated carbocycles. The van der Waals surface area contributed by atoms with E-state index in [1.54, 1.807) is 0 Å². The van der Waals surface area contributed by atoms with Crippen LogP contribution in [0.2, 0.25) is 0 Å². The Labute approximate surface area is 92.3 Å². The van der Waals surface area contributed by atoms with E-state index in [2.05, 4.69) is 5.32 Å². The quantitative estimate of drug-likeness (QED) is 0.745. The minimum Gasteiger partial charge on any atom is -0.478 e. The number of para-hydroxylation sites is 1. The van der Waals surface area contributed by atoms with Crippen LogP contribution in [-0.4, -0.2) is 17.9 Å². The van der Waals surface area contributed by atoms with Crippen molar-refractivity contribution in [1.29, 1.82) is 0 Å². The van der Waals surface area contributed by atoms with Gasteiger partial charge in [0, 0.05) is 24.4 Å². The first-order valence-corrected chi connectivity index (χ1v) is 4.78. The summed E-state index contributed by atoms with van der Waals surface area (Å²) in [6.45, 7) is 0.730. The van der Waals surface area contributed by atoms with Crippen LogP contribution in [-0.2, 0) is 11.3 Å². The van der Waals surface area contributed by atoms with Gasteiger partial charge in [0.05, 0.1) is 0 Å². The van der Waals surface area contributed by atoms with Crippen LogP contribution in [0.15, 0.2) is 30.5 Å². The number of fused-ring (bicyclic) bond motifs is 1. The van der Waals surface area contributed by atoms with Crippen LogP contribution < -0.4 is 14.8 Å². The van der Waals surface area contributed by atoms with Crippen molar-refractivity contribution in [2.45, 2.75) is 6.54 Å². The van der Waals surface area contributed by atoms with Crippen molar-refractivity contribution in [2.24, 2.45) is 0 Å². The summed E-state index contributed by atoms with van der Waals surface area (Å²) >= 11 is 0. The number of nitrogens with one attached hydrogen (secondary N) is 1. The van der Waals surface area contributed by atoms with Gasteiger partial charge in [-0.2, -0.15) is 0 Å². The lowest BCUT2D eigenvalue weighted by Gasteiger charge is -2.04. The Morgan fingerprint density at radius 2 is 2.38 bits per heavy atom. The summed E-state index contributed by atoms with van der Waals surface area (Å²) in [5, 5.41) is 11.3. The van der Waals surface area contributed by atoms with Gasteiger partial charge in [-0.15, -0.1) is 0 Å². The van der Waals surface area contributed by atoms with Crippen LogP contribution in [0.1, 0.15) is 5.56 Å². The molecule has 84 valence electrons. The van der Waals surface area contributed by atoms with Gasteiger partial charge >= 0.3 is 5.97 Å². The van der Waals surface area contributed by atoms with E-state index in [1.807, 2.05) is 18.2 Å². The molecule has 1 aromatic carbocycles. The van der Waals surface area contributed by atoms with Crippen molar-refractivity contribution in [2.75, 3.05) is 6.79 Å². The number of benzene rings is 1. The molecular formula is C11H11NO4. The lowest BCUT2D eigenvalue weighted by atomic mass is 10.2. The Balaban J connectivity index is 2.00. The number of aliphatic carboxylic acids is 1. The SMILES string of the molecule is O=C(O)/C=C/NCc1cccc2c1OCO2. The van der Waals surface area contributed by atoms with Crippen molar-refractivity contribution >= 4 is 5.97 Å². The van der Waals surface area contributed by atoms with Crippen LogP contribution in [0.4, 0.5) is 0 Å². The second-order valence-electron chi connectivity index (χ2n) is 3.20. The predicted molar refractivity (Wildman–Crippen MR) is 56.2 cm³/mol. The Bertz CT molecular complexity index is 428. The second kappa shape index (κ2) is 4.57. The van der Waals surface area contributed by atoms with E-state index in [0.29, 0.717) is 6.54 Å². The molecule has 2 N–H and O–H groups in total. The van der Waals surface area contributed by atoms with Crippen molar-refractivity contribution in [1.82, 2.24) is 5.32 Å². The summed E-state index contributed by atoms with van der Waals surface area (Å²) in [6.07, 6.45) is 2.43. The zero-order valence-corrected chi connectivity index (χ0v) is 8.47. The number of hydrogen-bond acceptors (Lipinski definition) is 4. The topological polar surface area (TPSA) is 67.8 Å². The number of carboxylic acids is 1. The molecule has 0 spiro atoms. The molecule has 0 aromatic heterocycles. The van der Waals surface area contributed by atoms with Crippen LogP contribution in [0, 0.1) is 0 Å². The Morgan fingerprint density at radius 1 is 1.50 bits per heavy atom. The summed E-state index contributed by atoms with van der Waals surface area (Å²) in [4.78, 5) is 10.2. The van der Waals surface area contributed by atoms with Gasteiger partial charge in [-0.1, -0.05) is 12.1 Å². The van der Waals surface area contributed by atoms with Gasteiger partial charge in [-0.05, 0) is 6.07 Å². The van der Waals surface area contributed by atoms with E-state index in [9.17, 15) is 4.79 Å². The van der Waals surface area contributed by atoms with Crippen molar-refractivity contribution < 1.29 is 19.4 Å². The zero-order valence-electron chi connectivity index (χ0n) is 8.47. The van der Waals surface area contributed by atoms with E-state index in [0.717, 1.165) is 23.1 Å². The third kappa shape index (κ3) is 2.25. The molecule has 0 bridgehead atoms. The maximum atomic E-state index is 10.2. The molecule has 0 atom stereocenters. The van der Waals surface area contributed by atoms with E-state index in [1.165, 1.54) is 6.20 Å². The van der Waals surface area contributed by atoms with Crippen LogP contribution in [0.25, 0.3) is 0 Å². The fourth-order valence-electron chi connectivity index (χ4n) is 1.43. The van der Waals surface area contributed by atoms with E-state index in [-0.39, 0.29) is 6.79 Å². The van der Waals surface area contributed by atoms with Crippen LogP contribution >= 0.6 is 0 Å². The maximum absolute atomic E-state index is 10.2. The van der Waals surface area contributed by atoms with Gasteiger partial charge in [0.15, 0.2) is 11.5 Å². The summed E-state index contributed by atoms with van der Waals surface area (Å²) in [5.41, 5.74) is 0.935. The highest BCUT2D eigenvalue weighted by atomic mass is 16.7. The monoisotopic (exact) mass is 221 g/mol. The first kappa shape index (κ1) is 10.4. The fourth-order valence-corrected chi connectivity index (χ4v) is 1.43. The predicted octanol–water partition coefficient (Wildman–Crippen LogP) is 1.10. The average molecular weight is 221 g/mol. The molecular weight excluding hydrogens is 210 g/mol. The van der Waals surface area contributed by atoms with E-state index in [4.69, 9.17) is 14.6 Å². The summed E-state index contributed by atoms with van der Waals surface area (Å²) < 4.78 is 10.5. The summed E-state index contributed by atoms with van der Waals surface area (Å²) in [5.74, 6) is 0.464. The first-order chi connectivity index (χ1) is 7.77. The molecule has 1 aliphatic heterocycles. The van der Waals surface area contributed by atoms with Gasteiger partial charge in [0.1, 0.15) is 0 Å². The van der Waals surface area contributed by atoms with E-state index < -0.39 is 5.97 Å². The molecule has 16 heavy (non-hydrogen) atoms. The van der Waals surface area contributed by atoms with Gasteiger partial charge in [-0.25, -0.2) is 4.79 Å². The van der Waals surface area contributed by atoms with Crippen molar-refractivity contribution in [3.8, 4) is 11.5 Å². The molecule has 1 heterocycles. The Hall–Kier alpha value is -2.17. The lowest BCUT2D eigenvalue weighted by Crippen LogP contribution is -2.06. The highest BCUT2D eigenvalue weighted by molar-refractivity contribution is 5.79. The molecule has 0 saturated heterocycles. The minimum atomic E-state index is -0.981. The average Bonchev–Trinajstić information content (AvgIpc) is 2.72. The molecule has 0 radical (unpaired) electrons. The zero-order chi connectivity index (χ0) is 11.4. The highest BCUT2D eigenvalue weighted by Gasteiger charge is 2.16. The fraction of sp³-hybridized carbons (Fsp3) is 0.182. The third-order valence-corrected chi connectivity index (χ3v) is 2.11. The van der Waals surface area contributed by atoms with Gasteiger partial charge < -0.3 is 19.9 Å². The molecule has 0 unspecified atom stereocenters. The van der Waals surface area contributed by atoms with Gasteiger partial charge in [0.2, 0.25) is 6.79 Å². The summed E-state index contributed by atoms with van der Waals surface area (Å²) in [7, 11) is 0.